The Bertz CT molecular complexity index is 516. The van der Waals surface area contributed by atoms with E-state index in [1.807, 2.05) is 30.3 Å². The standard InChI is InChI=1S/C12H10ClN3O/c13-10-7-11(15-8-14-10)16-12(17)6-9-4-2-1-3-5-9/h1-5,7-8H,6H2,(H,14,15,16,17). The molecule has 1 aromatic carbocycles. The summed E-state index contributed by atoms with van der Waals surface area (Å²) in [4.78, 5) is 19.3. The van der Waals surface area contributed by atoms with Crippen LogP contribution in [0.1, 0.15) is 5.56 Å². The van der Waals surface area contributed by atoms with E-state index in [1.54, 1.807) is 0 Å². The summed E-state index contributed by atoms with van der Waals surface area (Å²) in [5, 5.41) is 2.96. The lowest BCUT2D eigenvalue weighted by molar-refractivity contribution is -0.115. The second-order valence-electron chi connectivity index (χ2n) is 3.44. The van der Waals surface area contributed by atoms with Gasteiger partial charge in [-0.25, -0.2) is 9.97 Å². The van der Waals surface area contributed by atoms with E-state index in [0.29, 0.717) is 17.4 Å². The number of benzene rings is 1. The van der Waals surface area contributed by atoms with Crippen molar-refractivity contribution in [1.82, 2.24) is 9.97 Å². The lowest BCUT2D eigenvalue weighted by atomic mass is 10.1. The minimum Gasteiger partial charge on any atom is -0.310 e. The minimum absolute atomic E-state index is 0.133. The number of rotatable bonds is 3. The molecule has 0 aliphatic heterocycles. The minimum atomic E-state index is -0.133. The van der Waals surface area contributed by atoms with Crippen LogP contribution in [0.4, 0.5) is 5.82 Å². The molecule has 5 heteroatoms. The van der Waals surface area contributed by atoms with Crippen LogP contribution in [-0.2, 0) is 11.2 Å². The summed E-state index contributed by atoms with van der Waals surface area (Å²) < 4.78 is 0. The molecule has 17 heavy (non-hydrogen) atoms. The van der Waals surface area contributed by atoms with Gasteiger partial charge in [-0.2, -0.15) is 0 Å². The molecule has 0 aliphatic carbocycles. The Kier molecular flexibility index (Phi) is 3.67. The fourth-order valence-electron chi connectivity index (χ4n) is 1.37. The molecule has 2 rings (SSSR count). The lowest BCUT2D eigenvalue weighted by Gasteiger charge is -2.04. The van der Waals surface area contributed by atoms with Crippen molar-refractivity contribution in [2.75, 3.05) is 5.32 Å². The molecule has 0 atom stereocenters. The van der Waals surface area contributed by atoms with Gasteiger partial charge in [0.1, 0.15) is 17.3 Å². The molecule has 1 aromatic heterocycles. The quantitative estimate of drug-likeness (QED) is 0.847. The van der Waals surface area contributed by atoms with Crippen molar-refractivity contribution in [3.8, 4) is 0 Å². The molecule has 0 fully saturated rings. The molecule has 0 bridgehead atoms. The van der Waals surface area contributed by atoms with Crippen LogP contribution in [0.5, 0.6) is 0 Å². The molecule has 0 saturated carbocycles. The van der Waals surface area contributed by atoms with Crippen LogP contribution in [-0.4, -0.2) is 15.9 Å². The number of carbonyl (C=O) groups is 1. The summed E-state index contributed by atoms with van der Waals surface area (Å²) in [5.41, 5.74) is 0.949. The highest BCUT2D eigenvalue weighted by Gasteiger charge is 2.04. The number of anilines is 1. The molecule has 0 spiro atoms. The van der Waals surface area contributed by atoms with Crippen molar-refractivity contribution in [3.63, 3.8) is 0 Å². The normalized spacial score (nSPS) is 9.94. The second-order valence-corrected chi connectivity index (χ2v) is 3.82. The van der Waals surface area contributed by atoms with Crippen molar-refractivity contribution in [3.05, 3.63) is 53.4 Å². The fourth-order valence-corrected chi connectivity index (χ4v) is 1.52. The van der Waals surface area contributed by atoms with E-state index in [2.05, 4.69) is 15.3 Å². The van der Waals surface area contributed by atoms with E-state index in [9.17, 15) is 4.79 Å². The van der Waals surface area contributed by atoms with Gasteiger partial charge < -0.3 is 5.32 Å². The second kappa shape index (κ2) is 5.41. The van der Waals surface area contributed by atoms with Gasteiger partial charge in [0.25, 0.3) is 0 Å². The third-order valence-corrected chi connectivity index (χ3v) is 2.32. The highest BCUT2D eigenvalue weighted by Crippen LogP contribution is 2.09. The number of nitrogens with one attached hydrogen (secondary N) is 1. The van der Waals surface area contributed by atoms with Crippen LogP contribution in [0, 0.1) is 0 Å². The maximum Gasteiger partial charge on any atom is 0.229 e. The molecular weight excluding hydrogens is 238 g/mol. The number of aromatic nitrogens is 2. The summed E-state index contributed by atoms with van der Waals surface area (Å²) in [6, 6.07) is 11.0. The van der Waals surface area contributed by atoms with Gasteiger partial charge in [0.2, 0.25) is 5.91 Å². The van der Waals surface area contributed by atoms with E-state index >= 15 is 0 Å². The Morgan fingerprint density at radius 2 is 2.00 bits per heavy atom. The Labute approximate surface area is 104 Å². The molecule has 86 valence electrons. The Hall–Kier alpha value is -1.94. The van der Waals surface area contributed by atoms with Gasteiger partial charge in [-0.3, -0.25) is 4.79 Å². The highest BCUT2D eigenvalue weighted by atomic mass is 35.5. The predicted molar refractivity (Wildman–Crippen MR) is 65.8 cm³/mol. The number of nitrogens with zero attached hydrogens (tertiary/aromatic N) is 2. The van der Waals surface area contributed by atoms with Gasteiger partial charge >= 0.3 is 0 Å². The Morgan fingerprint density at radius 1 is 1.24 bits per heavy atom. The Balaban J connectivity index is 1.98. The monoisotopic (exact) mass is 247 g/mol. The van der Waals surface area contributed by atoms with Crippen molar-refractivity contribution < 1.29 is 4.79 Å². The lowest BCUT2D eigenvalue weighted by Crippen LogP contribution is -2.15. The fraction of sp³-hybridized carbons (Fsp3) is 0.0833. The van der Waals surface area contributed by atoms with Gasteiger partial charge in [0, 0.05) is 6.07 Å². The van der Waals surface area contributed by atoms with Crippen molar-refractivity contribution in [1.29, 1.82) is 0 Å². The number of amides is 1. The Morgan fingerprint density at radius 3 is 2.71 bits per heavy atom. The molecule has 0 saturated heterocycles. The van der Waals surface area contributed by atoms with Crippen LogP contribution in [0.25, 0.3) is 0 Å². The first-order chi connectivity index (χ1) is 8.24. The molecule has 0 unspecified atom stereocenters. The van der Waals surface area contributed by atoms with E-state index in [0.717, 1.165) is 5.56 Å². The summed E-state index contributed by atoms with van der Waals surface area (Å²) >= 11 is 5.69. The molecule has 4 nitrogen and oxygen atoms in total. The van der Waals surface area contributed by atoms with Crippen molar-refractivity contribution >= 4 is 23.3 Å². The molecule has 1 heterocycles. The number of hydrogen-bond donors (Lipinski definition) is 1. The molecule has 1 amide bonds. The zero-order chi connectivity index (χ0) is 12.1. The molecule has 2 aromatic rings. The van der Waals surface area contributed by atoms with Crippen LogP contribution in [0.15, 0.2) is 42.7 Å². The maximum atomic E-state index is 11.7. The van der Waals surface area contributed by atoms with E-state index in [-0.39, 0.29) is 5.91 Å². The summed E-state index contributed by atoms with van der Waals surface area (Å²) in [7, 11) is 0. The first-order valence-corrected chi connectivity index (χ1v) is 5.43. The summed E-state index contributed by atoms with van der Waals surface area (Å²) in [6.45, 7) is 0. The van der Waals surface area contributed by atoms with E-state index < -0.39 is 0 Å². The van der Waals surface area contributed by atoms with Crippen molar-refractivity contribution in [2.24, 2.45) is 0 Å². The molecule has 0 radical (unpaired) electrons. The topological polar surface area (TPSA) is 54.9 Å². The van der Waals surface area contributed by atoms with E-state index in [4.69, 9.17) is 11.6 Å². The van der Waals surface area contributed by atoms with Crippen LogP contribution in [0.2, 0.25) is 5.15 Å². The van der Waals surface area contributed by atoms with Gasteiger partial charge in [-0.1, -0.05) is 41.9 Å². The zero-order valence-electron chi connectivity index (χ0n) is 8.93. The number of hydrogen-bond acceptors (Lipinski definition) is 3. The predicted octanol–water partition coefficient (Wildman–Crippen LogP) is 2.31. The van der Waals surface area contributed by atoms with Crippen molar-refractivity contribution in [2.45, 2.75) is 6.42 Å². The average molecular weight is 248 g/mol. The SMILES string of the molecule is O=C(Cc1ccccc1)Nc1cc(Cl)ncn1. The van der Waals surface area contributed by atoms with E-state index in [1.165, 1.54) is 12.4 Å². The number of carbonyl (C=O) groups excluding carboxylic acids is 1. The molecule has 1 N–H and O–H groups in total. The van der Waals surface area contributed by atoms with Crippen LogP contribution < -0.4 is 5.32 Å². The van der Waals surface area contributed by atoms with Gasteiger partial charge in [0.05, 0.1) is 6.42 Å². The first-order valence-electron chi connectivity index (χ1n) is 5.05. The zero-order valence-corrected chi connectivity index (χ0v) is 9.69. The van der Waals surface area contributed by atoms with Crippen LogP contribution in [0.3, 0.4) is 0 Å². The largest absolute Gasteiger partial charge is 0.310 e. The van der Waals surface area contributed by atoms with Gasteiger partial charge in [-0.05, 0) is 5.56 Å². The van der Waals surface area contributed by atoms with Crippen LogP contribution >= 0.6 is 11.6 Å². The summed E-state index contributed by atoms with van der Waals surface area (Å²) in [5.74, 6) is 0.275. The highest BCUT2D eigenvalue weighted by molar-refractivity contribution is 6.29. The average Bonchev–Trinajstić information content (AvgIpc) is 2.30. The first kappa shape index (κ1) is 11.5. The maximum absolute atomic E-state index is 11.7. The van der Waals surface area contributed by atoms with Gasteiger partial charge in [-0.15, -0.1) is 0 Å². The molecular formula is C12H10ClN3O. The number of halogens is 1. The van der Waals surface area contributed by atoms with Gasteiger partial charge in [0.15, 0.2) is 0 Å². The molecule has 0 aliphatic rings. The third kappa shape index (κ3) is 3.53. The summed E-state index contributed by atoms with van der Waals surface area (Å²) in [6.07, 6.45) is 1.61. The third-order valence-electron chi connectivity index (χ3n) is 2.11. The smallest absolute Gasteiger partial charge is 0.229 e.